The summed E-state index contributed by atoms with van der Waals surface area (Å²) in [6.07, 6.45) is 1.47. The number of phenols is 1. The van der Waals surface area contributed by atoms with E-state index in [0.29, 0.717) is 23.7 Å². The number of rotatable bonds is 4. The summed E-state index contributed by atoms with van der Waals surface area (Å²) in [5.41, 5.74) is 6.13. The Morgan fingerprint density at radius 2 is 2.21 bits per heavy atom. The fourth-order valence-electron chi connectivity index (χ4n) is 1.33. The summed E-state index contributed by atoms with van der Waals surface area (Å²) in [4.78, 5) is 0. The predicted octanol–water partition coefficient (Wildman–Crippen LogP) is 1.95. The minimum absolute atomic E-state index is 0.208. The van der Waals surface area contributed by atoms with Gasteiger partial charge in [0.15, 0.2) is 0 Å². The van der Waals surface area contributed by atoms with Crippen LogP contribution in [0.15, 0.2) is 12.1 Å². The van der Waals surface area contributed by atoms with Crippen molar-refractivity contribution in [1.29, 1.82) is 0 Å². The third-order valence-electron chi connectivity index (χ3n) is 2.02. The standard InChI is InChI=1S/C10H14ClNO2/c1-14-10-7(3-2-6-12)9(13)5-4-8(10)11/h4-5,13H,2-3,6,12H2,1H3. The quantitative estimate of drug-likeness (QED) is 0.807. The van der Waals surface area contributed by atoms with E-state index in [0.717, 1.165) is 12.0 Å². The Balaban J connectivity index is 3.03. The van der Waals surface area contributed by atoms with Crippen LogP contribution in [0.4, 0.5) is 0 Å². The van der Waals surface area contributed by atoms with Gasteiger partial charge in [-0.25, -0.2) is 0 Å². The third-order valence-corrected chi connectivity index (χ3v) is 2.32. The molecule has 3 N–H and O–H groups in total. The lowest BCUT2D eigenvalue weighted by molar-refractivity contribution is 0.399. The number of ether oxygens (including phenoxy) is 1. The highest BCUT2D eigenvalue weighted by Crippen LogP contribution is 2.35. The fourth-order valence-corrected chi connectivity index (χ4v) is 1.58. The van der Waals surface area contributed by atoms with E-state index in [4.69, 9.17) is 22.1 Å². The molecule has 0 aliphatic rings. The van der Waals surface area contributed by atoms with Gasteiger partial charge in [-0.1, -0.05) is 11.6 Å². The van der Waals surface area contributed by atoms with Crippen LogP contribution < -0.4 is 10.5 Å². The first-order valence-corrected chi connectivity index (χ1v) is 4.83. The topological polar surface area (TPSA) is 55.5 Å². The number of aromatic hydroxyl groups is 1. The van der Waals surface area contributed by atoms with E-state index in [2.05, 4.69) is 0 Å². The molecule has 1 aromatic rings. The minimum Gasteiger partial charge on any atom is -0.508 e. The largest absolute Gasteiger partial charge is 0.508 e. The predicted molar refractivity (Wildman–Crippen MR) is 57.0 cm³/mol. The molecule has 0 bridgehead atoms. The highest BCUT2D eigenvalue weighted by Gasteiger charge is 2.11. The van der Waals surface area contributed by atoms with Crippen LogP contribution in [0.2, 0.25) is 5.02 Å². The maximum Gasteiger partial charge on any atom is 0.144 e. The van der Waals surface area contributed by atoms with Gasteiger partial charge >= 0.3 is 0 Å². The van der Waals surface area contributed by atoms with Gasteiger partial charge in [0.25, 0.3) is 0 Å². The van der Waals surface area contributed by atoms with Crippen molar-refractivity contribution in [1.82, 2.24) is 0 Å². The van der Waals surface area contributed by atoms with Crippen LogP contribution in [0.5, 0.6) is 11.5 Å². The van der Waals surface area contributed by atoms with E-state index in [-0.39, 0.29) is 5.75 Å². The molecule has 1 aromatic carbocycles. The first kappa shape index (κ1) is 11.1. The van der Waals surface area contributed by atoms with Gasteiger partial charge in [0.1, 0.15) is 11.5 Å². The monoisotopic (exact) mass is 215 g/mol. The molecular formula is C10H14ClNO2. The van der Waals surface area contributed by atoms with Crippen LogP contribution in [0.1, 0.15) is 12.0 Å². The molecule has 0 spiro atoms. The summed E-state index contributed by atoms with van der Waals surface area (Å²) in [6, 6.07) is 3.18. The van der Waals surface area contributed by atoms with Crippen molar-refractivity contribution in [3.63, 3.8) is 0 Å². The maximum atomic E-state index is 9.59. The molecule has 0 amide bonds. The second kappa shape index (κ2) is 5.08. The van der Waals surface area contributed by atoms with Gasteiger partial charge in [-0.15, -0.1) is 0 Å². The highest BCUT2D eigenvalue weighted by molar-refractivity contribution is 6.32. The van der Waals surface area contributed by atoms with Crippen molar-refractivity contribution in [2.24, 2.45) is 5.73 Å². The Morgan fingerprint density at radius 3 is 2.79 bits per heavy atom. The summed E-state index contributed by atoms with van der Waals surface area (Å²) in [5.74, 6) is 0.750. The summed E-state index contributed by atoms with van der Waals surface area (Å²) in [5, 5.41) is 10.1. The van der Waals surface area contributed by atoms with Crippen molar-refractivity contribution in [3.05, 3.63) is 22.7 Å². The van der Waals surface area contributed by atoms with E-state index >= 15 is 0 Å². The van der Waals surface area contributed by atoms with Crippen molar-refractivity contribution in [2.45, 2.75) is 12.8 Å². The highest BCUT2D eigenvalue weighted by atomic mass is 35.5. The molecule has 0 unspecified atom stereocenters. The molecule has 14 heavy (non-hydrogen) atoms. The van der Waals surface area contributed by atoms with Crippen molar-refractivity contribution < 1.29 is 9.84 Å². The molecule has 3 nitrogen and oxygen atoms in total. The zero-order chi connectivity index (χ0) is 10.6. The second-order valence-electron chi connectivity index (χ2n) is 2.97. The molecule has 4 heteroatoms. The van der Waals surface area contributed by atoms with E-state index in [1.54, 1.807) is 12.1 Å². The van der Waals surface area contributed by atoms with Crippen molar-refractivity contribution in [3.8, 4) is 11.5 Å². The van der Waals surface area contributed by atoms with Gasteiger partial charge in [-0.05, 0) is 31.5 Å². The van der Waals surface area contributed by atoms with Gasteiger partial charge in [0.05, 0.1) is 12.1 Å². The maximum absolute atomic E-state index is 9.59. The zero-order valence-electron chi connectivity index (χ0n) is 8.09. The number of phenolic OH excluding ortho intramolecular Hbond substituents is 1. The van der Waals surface area contributed by atoms with Crippen LogP contribution in [0, 0.1) is 0 Å². The lowest BCUT2D eigenvalue weighted by Crippen LogP contribution is -2.02. The van der Waals surface area contributed by atoms with Crippen LogP contribution in [0.3, 0.4) is 0 Å². The molecule has 0 aromatic heterocycles. The van der Waals surface area contributed by atoms with E-state index in [1.165, 1.54) is 7.11 Å². The Morgan fingerprint density at radius 1 is 1.50 bits per heavy atom. The normalized spacial score (nSPS) is 10.2. The molecule has 0 saturated carbocycles. The van der Waals surface area contributed by atoms with Gasteiger partial charge in [-0.2, -0.15) is 0 Å². The lowest BCUT2D eigenvalue weighted by atomic mass is 10.1. The fraction of sp³-hybridized carbons (Fsp3) is 0.400. The first-order valence-electron chi connectivity index (χ1n) is 4.45. The van der Waals surface area contributed by atoms with Gasteiger partial charge in [0, 0.05) is 5.56 Å². The molecule has 78 valence electrons. The summed E-state index contributed by atoms with van der Waals surface area (Å²) < 4.78 is 5.12. The SMILES string of the molecule is COc1c(Cl)ccc(O)c1CCCN. The van der Waals surface area contributed by atoms with Crippen molar-refractivity contribution >= 4 is 11.6 Å². The Bertz CT molecular complexity index is 315. The van der Waals surface area contributed by atoms with Crippen LogP contribution in [0.25, 0.3) is 0 Å². The molecule has 1 rings (SSSR count). The number of benzene rings is 1. The molecule has 0 radical (unpaired) electrons. The van der Waals surface area contributed by atoms with Gasteiger partial charge in [0.2, 0.25) is 0 Å². The van der Waals surface area contributed by atoms with Crippen LogP contribution in [-0.2, 0) is 6.42 Å². The van der Waals surface area contributed by atoms with Gasteiger partial charge < -0.3 is 15.6 Å². The lowest BCUT2D eigenvalue weighted by Gasteiger charge is -2.11. The van der Waals surface area contributed by atoms with E-state index in [9.17, 15) is 5.11 Å². The first-order chi connectivity index (χ1) is 6.70. The zero-order valence-corrected chi connectivity index (χ0v) is 8.84. The smallest absolute Gasteiger partial charge is 0.144 e. The van der Waals surface area contributed by atoms with E-state index in [1.807, 2.05) is 0 Å². The molecule has 0 heterocycles. The molecule has 0 atom stereocenters. The molecular weight excluding hydrogens is 202 g/mol. The average molecular weight is 216 g/mol. The minimum atomic E-state index is 0.208. The molecule has 0 aliphatic heterocycles. The summed E-state index contributed by atoms with van der Waals surface area (Å²) in [6.45, 7) is 0.578. The summed E-state index contributed by atoms with van der Waals surface area (Å²) >= 11 is 5.91. The van der Waals surface area contributed by atoms with Crippen LogP contribution in [-0.4, -0.2) is 18.8 Å². The number of hydrogen-bond donors (Lipinski definition) is 2. The Kier molecular flexibility index (Phi) is 4.04. The number of halogens is 1. The average Bonchev–Trinajstić information content (AvgIpc) is 2.19. The molecule has 0 saturated heterocycles. The van der Waals surface area contributed by atoms with Gasteiger partial charge in [-0.3, -0.25) is 0 Å². The number of hydrogen-bond acceptors (Lipinski definition) is 3. The van der Waals surface area contributed by atoms with Crippen molar-refractivity contribution in [2.75, 3.05) is 13.7 Å². The Labute approximate surface area is 88.4 Å². The van der Waals surface area contributed by atoms with Crippen LogP contribution >= 0.6 is 11.6 Å². The number of nitrogens with two attached hydrogens (primary N) is 1. The summed E-state index contributed by atoms with van der Waals surface area (Å²) in [7, 11) is 1.53. The molecule has 0 aliphatic carbocycles. The number of methoxy groups -OCH3 is 1. The van der Waals surface area contributed by atoms with E-state index < -0.39 is 0 Å². The second-order valence-corrected chi connectivity index (χ2v) is 3.38. The third kappa shape index (κ3) is 2.30. The molecule has 0 fully saturated rings. The Hall–Kier alpha value is -0.930.